The second kappa shape index (κ2) is 7.18. The van der Waals surface area contributed by atoms with Gasteiger partial charge in [0.1, 0.15) is 11.9 Å². The van der Waals surface area contributed by atoms with Crippen LogP contribution in [-0.4, -0.2) is 23.0 Å². The molecule has 23 heavy (non-hydrogen) atoms. The molecule has 0 aliphatic rings. The molecule has 0 unspecified atom stereocenters. The molecule has 0 aliphatic heterocycles. The number of carboxylic acids is 1. The average molecular weight is 312 g/mol. The molecule has 0 heterocycles. The zero-order valence-electron chi connectivity index (χ0n) is 12.0. The molecule has 2 N–H and O–H groups in total. The van der Waals surface area contributed by atoms with Gasteiger partial charge in [0.2, 0.25) is 0 Å². The SMILES string of the molecule is N#Cc1ccc(C[C@@H](NC(=O)c2ccccc2F)C(=O)O)cc1. The van der Waals surface area contributed by atoms with E-state index < -0.39 is 23.7 Å². The lowest BCUT2D eigenvalue weighted by atomic mass is 10.0. The maximum Gasteiger partial charge on any atom is 0.326 e. The van der Waals surface area contributed by atoms with Crippen molar-refractivity contribution in [2.75, 3.05) is 0 Å². The van der Waals surface area contributed by atoms with Crippen molar-refractivity contribution in [3.05, 3.63) is 71.0 Å². The Labute approximate surface area is 132 Å². The Balaban J connectivity index is 2.12. The molecule has 0 radical (unpaired) electrons. The largest absolute Gasteiger partial charge is 0.480 e. The van der Waals surface area contributed by atoms with E-state index in [1.165, 1.54) is 18.2 Å². The first-order valence-electron chi connectivity index (χ1n) is 6.78. The second-order valence-corrected chi connectivity index (χ2v) is 4.86. The molecule has 6 heteroatoms. The van der Waals surface area contributed by atoms with Gasteiger partial charge >= 0.3 is 5.97 Å². The van der Waals surface area contributed by atoms with Gasteiger partial charge < -0.3 is 10.4 Å². The molecular formula is C17H13FN2O3. The number of halogens is 1. The van der Waals surface area contributed by atoms with Gasteiger partial charge in [-0.25, -0.2) is 9.18 Å². The van der Waals surface area contributed by atoms with Crippen LogP contribution in [0.1, 0.15) is 21.5 Å². The van der Waals surface area contributed by atoms with Gasteiger partial charge in [0.05, 0.1) is 17.2 Å². The van der Waals surface area contributed by atoms with Gasteiger partial charge in [0.25, 0.3) is 5.91 Å². The van der Waals surface area contributed by atoms with Crippen molar-refractivity contribution in [2.24, 2.45) is 0 Å². The first-order valence-corrected chi connectivity index (χ1v) is 6.78. The van der Waals surface area contributed by atoms with E-state index in [2.05, 4.69) is 5.32 Å². The van der Waals surface area contributed by atoms with Crippen molar-refractivity contribution in [1.82, 2.24) is 5.32 Å². The van der Waals surface area contributed by atoms with Crippen LogP contribution in [0.4, 0.5) is 4.39 Å². The third kappa shape index (κ3) is 4.14. The minimum atomic E-state index is -1.22. The van der Waals surface area contributed by atoms with Gasteiger partial charge in [-0.2, -0.15) is 5.26 Å². The Kier molecular flexibility index (Phi) is 5.05. The van der Waals surface area contributed by atoms with E-state index in [1.807, 2.05) is 6.07 Å². The van der Waals surface area contributed by atoms with Crippen molar-refractivity contribution in [3.8, 4) is 6.07 Å². The molecule has 1 amide bonds. The predicted octanol–water partition coefficient (Wildman–Crippen LogP) is 2.12. The Bertz CT molecular complexity index is 766. The number of carbonyl (C=O) groups is 2. The van der Waals surface area contributed by atoms with E-state index in [4.69, 9.17) is 5.26 Å². The number of aliphatic carboxylic acids is 1. The molecule has 116 valence electrons. The van der Waals surface area contributed by atoms with E-state index in [9.17, 15) is 19.1 Å². The van der Waals surface area contributed by atoms with Gasteiger partial charge in [0, 0.05) is 6.42 Å². The number of hydrogen-bond acceptors (Lipinski definition) is 3. The number of nitrogens with one attached hydrogen (secondary N) is 1. The summed E-state index contributed by atoms with van der Waals surface area (Å²) in [7, 11) is 0. The normalized spacial score (nSPS) is 11.3. The van der Waals surface area contributed by atoms with Crippen LogP contribution >= 0.6 is 0 Å². The standard InChI is InChI=1S/C17H13FN2O3/c18-14-4-2-1-3-13(14)16(21)20-15(17(22)23)9-11-5-7-12(10-19)8-6-11/h1-8,15H,9H2,(H,20,21)(H,22,23)/t15-/m1/s1. The van der Waals surface area contributed by atoms with Crippen LogP contribution in [0.3, 0.4) is 0 Å². The van der Waals surface area contributed by atoms with E-state index in [-0.39, 0.29) is 12.0 Å². The minimum Gasteiger partial charge on any atom is -0.480 e. The van der Waals surface area contributed by atoms with Gasteiger partial charge in [-0.3, -0.25) is 4.79 Å². The summed E-state index contributed by atoms with van der Waals surface area (Å²) in [6.45, 7) is 0. The topological polar surface area (TPSA) is 90.2 Å². The van der Waals surface area contributed by atoms with Crippen LogP contribution in [0.15, 0.2) is 48.5 Å². The summed E-state index contributed by atoms with van der Waals surface area (Å²) in [4.78, 5) is 23.3. The lowest BCUT2D eigenvalue weighted by Gasteiger charge is -2.15. The Hall–Kier alpha value is -3.20. The van der Waals surface area contributed by atoms with Crippen molar-refractivity contribution >= 4 is 11.9 Å². The molecule has 1 atom stereocenters. The third-order valence-electron chi connectivity index (χ3n) is 3.24. The number of rotatable bonds is 5. The summed E-state index contributed by atoms with van der Waals surface area (Å²) in [6, 6.07) is 12.5. The predicted molar refractivity (Wildman–Crippen MR) is 80.2 cm³/mol. The molecule has 0 bridgehead atoms. The summed E-state index contributed by atoms with van der Waals surface area (Å²) in [5.41, 5.74) is 0.889. The highest BCUT2D eigenvalue weighted by molar-refractivity contribution is 5.96. The summed E-state index contributed by atoms with van der Waals surface area (Å²) >= 11 is 0. The zero-order valence-corrected chi connectivity index (χ0v) is 12.0. The third-order valence-corrected chi connectivity index (χ3v) is 3.24. The van der Waals surface area contributed by atoms with E-state index >= 15 is 0 Å². The molecule has 2 aromatic carbocycles. The zero-order chi connectivity index (χ0) is 16.8. The van der Waals surface area contributed by atoms with Crippen LogP contribution in [0.5, 0.6) is 0 Å². The van der Waals surface area contributed by atoms with Crippen molar-refractivity contribution in [3.63, 3.8) is 0 Å². The Morgan fingerprint density at radius 1 is 1.17 bits per heavy atom. The number of carbonyl (C=O) groups excluding carboxylic acids is 1. The minimum absolute atomic E-state index is 0.0290. The van der Waals surface area contributed by atoms with Gasteiger partial charge in [-0.05, 0) is 29.8 Å². The monoisotopic (exact) mass is 312 g/mol. The molecule has 0 aromatic heterocycles. The van der Waals surface area contributed by atoms with Gasteiger partial charge in [-0.1, -0.05) is 24.3 Å². The highest BCUT2D eigenvalue weighted by Crippen LogP contribution is 2.09. The molecule has 5 nitrogen and oxygen atoms in total. The molecule has 0 fully saturated rings. The molecule has 0 aliphatic carbocycles. The van der Waals surface area contributed by atoms with Crippen LogP contribution in [-0.2, 0) is 11.2 Å². The van der Waals surface area contributed by atoms with Crippen LogP contribution < -0.4 is 5.32 Å². The van der Waals surface area contributed by atoms with Gasteiger partial charge in [-0.15, -0.1) is 0 Å². The van der Waals surface area contributed by atoms with Crippen molar-refractivity contribution in [2.45, 2.75) is 12.5 Å². The molecular weight excluding hydrogens is 299 g/mol. The quantitative estimate of drug-likeness (QED) is 0.885. The lowest BCUT2D eigenvalue weighted by Crippen LogP contribution is -2.42. The van der Waals surface area contributed by atoms with Crippen LogP contribution in [0, 0.1) is 17.1 Å². The van der Waals surface area contributed by atoms with E-state index in [0.717, 1.165) is 6.07 Å². The van der Waals surface area contributed by atoms with E-state index in [1.54, 1.807) is 24.3 Å². The lowest BCUT2D eigenvalue weighted by molar-refractivity contribution is -0.139. The van der Waals surface area contributed by atoms with Crippen LogP contribution in [0.2, 0.25) is 0 Å². The summed E-state index contributed by atoms with van der Waals surface area (Å²) in [5, 5.41) is 20.3. The number of amides is 1. The number of nitrogens with zero attached hydrogens (tertiary/aromatic N) is 1. The Morgan fingerprint density at radius 3 is 2.39 bits per heavy atom. The fraction of sp³-hybridized carbons (Fsp3) is 0.118. The maximum atomic E-state index is 13.6. The summed E-state index contributed by atoms with van der Waals surface area (Å²) < 4.78 is 13.6. The Morgan fingerprint density at radius 2 is 1.83 bits per heavy atom. The van der Waals surface area contributed by atoms with E-state index in [0.29, 0.717) is 11.1 Å². The average Bonchev–Trinajstić information content (AvgIpc) is 2.55. The fourth-order valence-electron chi connectivity index (χ4n) is 2.03. The highest BCUT2D eigenvalue weighted by Gasteiger charge is 2.22. The number of carboxylic acid groups (broad SMARTS) is 1. The number of benzene rings is 2. The summed E-state index contributed by atoms with van der Waals surface area (Å²) in [6.07, 6.45) is 0.0290. The number of nitriles is 1. The summed E-state index contributed by atoms with van der Waals surface area (Å²) in [5.74, 6) is -2.73. The first kappa shape index (κ1) is 16.2. The molecule has 0 saturated heterocycles. The first-order chi connectivity index (χ1) is 11.0. The van der Waals surface area contributed by atoms with Crippen molar-refractivity contribution < 1.29 is 19.1 Å². The molecule has 2 aromatic rings. The second-order valence-electron chi connectivity index (χ2n) is 4.86. The highest BCUT2D eigenvalue weighted by atomic mass is 19.1. The maximum absolute atomic E-state index is 13.6. The smallest absolute Gasteiger partial charge is 0.326 e. The molecule has 2 rings (SSSR count). The fourth-order valence-corrected chi connectivity index (χ4v) is 2.03. The van der Waals surface area contributed by atoms with Crippen LogP contribution in [0.25, 0.3) is 0 Å². The van der Waals surface area contributed by atoms with Gasteiger partial charge in [0.15, 0.2) is 0 Å². The number of hydrogen-bond donors (Lipinski definition) is 2. The molecule has 0 saturated carbocycles. The van der Waals surface area contributed by atoms with Crippen molar-refractivity contribution in [1.29, 1.82) is 5.26 Å². The molecule has 0 spiro atoms.